The van der Waals surface area contributed by atoms with E-state index in [1.54, 1.807) is 0 Å². The number of phosphoric acid groups is 2. The second kappa shape index (κ2) is 55.4. The Bertz CT molecular complexity index is 1650. The third-order valence-electron chi connectivity index (χ3n) is 15.4. The van der Waals surface area contributed by atoms with Crippen LogP contribution >= 0.6 is 15.6 Å². The van der Waals surface area contributed by atoms with Gasteiger partial charge in [-0.1, -0.05) is 260 Å². The molecule has 19 heteroatoms. The van der Waals surface area contributed by atoms with E-state index >= 15 is 0 Å². The van der Waals surface area contributed by atoms with Gasteiger partial charge in [-0.25, -0.2) is 9.13 Å². The number of aliphatic hydroxyl groups is 1. The maximum absolute atomic E-state index is 13.0. The Kier molecular flexibility index (Phi) is 54.1. The number of esters is 4. The first-order valence-corrected chi connectivity index (χ1v) is 36.4. The lowest BCUT2D eigenvalue weighted by Gasteiger charge is -2.21. The lowest BCUT2D eigenvalue weighted by atomic mass is 9.99. The molecule has 0 radical (unpaired) electrons. The summed E-state index contributed by atoms with van der Waals surface area (Å²) in [6, 6.07) is 0. The van der Waals surface area contributed by atoms with E-state index in [4.69, 9.17) is 37.0 Å². The van der Waals surface area contributed by atoms with Crippen molar-refractivity contribution in [3.8, 4) is 0 Å². The van der Waals surface area contributed by atoms with Gasteiger partial charge in [-0.2, -0.15) is 0 Å². The molecule has 0 saturated carbocycles. The van der Waals surface area contributed by atoms with Crippen LogP contribution in [-0.2, 0) is 65.4 Å². The van der Waals surface area contributed by atoms with Crippen LogP contribution in [0.25, 0.3) is 0 Å². The van der Waals surface area contributed by atoms with Crippen molar-refractivity contribution in [1.82, 2.24) is 0 Å². The highest BCUT2D eigenvalue weighted by molar-refractivity contribution is 7.47. The summed E-state index contributed by atoms with van der Waals surface area (Å²) < 4.78 is 68.0. The van der Waals surface area contributed by atoms with Crippen LogP contribution in [0.4, 0.5) is 0 Å². The lowest BCUT2D eigenvalue weighted by molar-refractivity contribution is -0.161. The summed E-state index contributed by atoms with van der Waals surface area (Å²) in [4.78, 5) is 72.2. The van der Waals surface area contributed by atoms with Gasteiger partial charge in [-0.3, -0.25) is 37.3 Å². The van der Waals surface area contributed by atoms with Gasteiger partial charge in [0.25, 0.3) is 0 Å². The summed E-state index contributed by atoms with van der Waals surface area (Å²) in [6.45, 7) is 11.7. The summed E-state index contributed by atoms with van der Waals surface area (Å²) >= 11 is 0. The van der Waals surface area contributed by atoms with Crippen LogP contribution < -0.4 is 0 Å². The molecule has 7 atom stereocenters. The molecule has 3 N–H and O–H groups in total. The molecule has 0 aliphatic rings. The first-order chi connectivity index (χ1) is 39.8. The Labute approximate surface area is 505 Å². The second-order valence-corrected chi connectivity index (χ2v) is 27.0. The summed E-state index contributed by atoms with van der Waals surface area (Å²) in [6.07, 6.45) is 36.2. The molecule has 0 saturated heterocycles. The molecule has 0 aromatic carbocycles. The van der Waals surface area contributed by atoms with E-state index in [1.807, 2.05) is 0 Å². The van der Waals surface area contributed by atoms with E-state index in [0.717, 1.165) is 108 Å². The highest BCUT2D eigenvalue weighted by Crippen LogP contribution is 2.45. The molecule has 0 amide bonds. The molecule has 0 aliphatic heterocycles. The molecular weight excluding hydrogens is 1100 g/mol. The number of aliphatic hydroxyl groups excluding tert-OH is 1. The van der Waals surface area contributed by atoms with E-state index in [-0.39, 0.29) is 25.7 Å². The highest BCUT2D eigenvalue weighted by Gasteiger charge is 2.30. The van der Waals surface area contributed by atoms with Crippen molar-refractivity contribution >= 4 is 39.5 Å². The van der Waals surface area contributed by atoms with Gasteiger partial charge in [0.15, 0.2) is 12.2 Å². The first kappa shape index (κ1) is 81.1. The van der Waals surface area contributed by atoms with Crippen molar-refractivity contribution in [2.75, 3.05) is 39.6 Å². The SMILES string of the molecule is CCCCCCCCCCCCCC(=O)OC[C@H](COP(=O)(O)OC[C@@H](O)COP(=O)(O)OC[C@@H](COC(=O)CCCCCCCCC(C)CC)OC(=O)CCCCCCCCCC(C)C)OC(=O)CCCCCCCCCCC(C)CC. The molecule has 0 rings (SSSR count). The standard InChI is InChI=1S/C64H124O17P2/c1-8-11-12-13-14-15-16-17-23-31-38-45-61(66)74-51-59(80-63(68)47-40-33-24-19-18-22-29-36-43-56(6)9-2)53-78-82(70,71)76-49-58(65)50-77-83(72,73)79-54-60(81-64(69)48-41-34-25-20-21-28-35-42-55(4)5)52-75-62(67)46-39-32-27-26-30-37-44-57(7)10-3/h55-60,65H,8-54H2,1-7H3,(H,70,71)(H,72,73)/t56?,57?,58-,59-,60-/m1/s1. The van der Waals surface area contributed by atoms with E-state index in [1.165, 1.54) is 116 Å². The van der Waals surface area contributed by atoms with Crippen LogP contribution in [0.3, 0.4) is 0 Å². The van der Waals surface area contributed by atoms with Crippen molar-refractivity contribution in [3.05, 3.63) is 0 Å². The minimum absolute atomic E-state index is 0.102. The number of phosphoric ester groups is 2. The lowest BCUT2D eigenvalue weighted by Crippen LogP contribution is -2.30. The zero-order chi connectivity index (χ0) is 61.7. The topological polar surface area (TPSA) is 237 Å². The molecule has 0 aromatic rings. The molecule has 0 bridgehead atoms. The van der Waals surface area contributed by atoms with E-state index in [2.05, 4.69) is 48.5 Å². The molecule has 4 unspecified atom stereocenters. The summed E-state index contributed by atoms with van der Waals surface area (Å²) in [5.41, 5.74) is 0. The average molecular weight is 1230 g/mol. The minimum Gasteiger partial charge on any atom is -0.462 e. The Balaban J connectivity index is 5.26. The van der Waals surface area contributed by atoms with Crippen molar-refractivity contribution < 1.29 is 80.2 Å². The Hall–Kier alpha value is -1.94. The van der Waals surface area contributed by atoms with Crippen molar-refractivity contribution in [2.24, 2.45) is 17.8 Å². The van der Waals surface area contributed by atoms with Crippen LogP contribution in [0, 0.1) is 17.8 Å². The van der Waals surface area contributed by atoms with Gasteiger partial charge in [-0.15, -0.1) is 0 Å². The number of rotatable bonds is 62. The molecule has 17 nitrogen and oxygen atoms in total. The fourth-order valence-electron chi connectivity index (χ4n) is 9.42. The first-order valence-electron chi connectivity index (χ1n) is 33.4. The maximum Gasteiger partial charge on any atom is 0.472 e. The molecule has 0 spiro atoms. The number of unbranched alkanes of at least 4 members (excludes halogenated alkanes) is 28. The predicted octanol–water partition coefficient (Wildman–Crippen LogP) is 17.5. The Morgan fingerprint density at radius 1 is 0.349 bits per heavy atom. The van der Waals surface area contributed by atoms with E-state index < -0.39 is 97.5 Å². The molecular formula is C64H124O17P2. The molecule has 0 aromatic heterocycles. The Morgan fingerprint density at radius 3 is 0.916 bits per heavy atom. The maximum atomic E-state index is 13.0. The fourth-order valence-corrected chi connectivity index (χ4v) is 11.0. The smallest absolute Gasteiger partial charge is 0.462 e. The van der Waals surface area contributed by atoms with Gasteiger partial charge in [0.1, 0.15) is 19.3 Å². The fraction of sp³-hybridized carbons (Fsp3) is 0.938. The minimum atomic E-state index is -4.94. The highest BCUT2D eigenvalue weighted by atomic mass is 31.2. The summed E-state index contributed by atoms with van der Waals surface area (Å²) in [5, 5.41) is 10.5. The van der Waals surface area contributed by atoms with Crippen LogP contribution in [0.5, 0.6) is 0 Å². The summed E-state index contributed by atoms with van der Waals surface area (Å²) in [5.74, 6) is 0.0572. The second-order valence-electron chi connectivity index (χ2n) is 24.1. The summed E-state index contributed by atoms with van der Waals surface area (Å²) in [7, 11) is -9.89. The van der Waals surface area contributed by atoms with Gasteiger partial charge < -0.3 is 33.8 Å². The van der Waals surface area contributed by atoms with Gasteiger partial charge in [-0.05, 0) is 43.4 Å². The largest absolute Gasteiger partial charge is 0.472 e. The van der Waals surface area contributed by atoms with Crippen LogP contribution in [0.15, 0.2) is 0 Å². The molecule has 0 aliphatic carbocycles. The normalized spacial score (nSPS) is 15.0. The van der Waals surface area contributed by atoms with Crippen molar-refractivity contribution in [3.63, 3.8) is 0 Å². The van der Waals surface area contributed by atoms with E-state index in [0.29, 0.717) is 31.6 Å². The predicted molar refractivity (Wildman–Crippen MR) is 331 cm³/mol. The quantitative estimate of drug-likeness (QED) is 0.0222. The molecule has 83 heavy (non-hydrogen) atoms. The third kappa shape index (κ3) is 56.3. The number of carbonyl (C=O) groups excluding carboxylic acids is 4. The Morgan fingerprint density at radius 2 is 0.614 bits per heavy atom. The van der Waals surface area contributed by atoms with Crippen LogP contribution in [0.2, 0.25) is 0 Å². The van der Waals surface area contributed by atoms with Gasteiger partial charge in [0, 0.05) is 25.7 Å². The third-order valence-corrected chi connectivity index (χ3v) is 17.3. The van der Waals surface area contributed by atoms with Crippen molar-refractivity contribution in [2.45, 2.75) is 330 Å². The average Bonchev–Trinajstić information content (AvgIpc) is 3.45. The van der Waals surface area contributed by atoms with Crippen LogP contribution in [0.1, 0.15) is 312 Å². The number of hydrogen-bond acceptors (Lipinski definition) is 15. The van der Waals surface area contributed by atoms with Gasteiger partial charge in [0.2, 0.25) is 0 Å². The van der Waals surface area contributed by atoms with Gasteiger partial charge >= 0.3 is 39.5 Å². The van der Waals surface area contributed by atoms with Crippen LogP contribution in [-0.4, -0.2) is 96.7 Å². The van der Waals surface area contributed by atoms with Gasteiger partial charge in [0.05, 0.1) is 26.4 Å². The van der Waals surface area contributed by atoms with Crippen molar-refractivity contribution in [1.29, 1.82) is 0 Å². The zero-order valence-electron chi connectivity index (χ0n) is 53.6. The number of hydrogen-bond donors (Lipinski definition) is 3. The van der Waals surface area contributed by atoms with E-state index in [9.17, 15) is 43.2 Å². The molecule has 0 heterocycles. The monoisotopic (exact) mass is 1230 g/mol. The zero-order valence-corrected chi connectivity index (χ0v) is 55.4. The molecule has 492 valence electrons. The number of ether oxygens (including phenoxy) is 4. The molecule has 0 fully saturated rings. The number of carbonyl (C=O) groups is 4.